The van der Waals surface area contributed by atoms with Crippen LogP contribution < -0.4 is 10.2 Å². The Hall–Kier alpha value is -1.58. The normalized spacial score (nSPS) is 24.9. The summed E-state index contributed by atoms with van der Waals surface area (Å²) in [5, 5.41) is 3.38. The van der Waals surface area contributed by atoms with E-state index < -0.39 is 0 Å². The number of ether oxygens (including phenoxy) is 1. The lowest BCUT2D eigenvalue weighted by atomic mass is 10.1. The third-order valence-corrected chi connectivity index (χ3v) is 3.98. The van der Waals surface area contributed by atoms with Gasteiger partial charge in [0.1, 0.15) is 0 Å². The fourth-order valence-electron chi connectivity index (χ4n) is 2.78. The summed E-state index contributed by atoms with van der Waals surface area (Å²) in [7, 11) is 0. The predicted molar refractivity (Wildman–Crippen MR) is 88.7 cm³/mol. The molecule has 1 atom stereocenters. The van der Waals surface area contributed by atoms with Crippen LogP contribution >= 0.6 is 0 Å². The molecule has 1 unspecified atom stereocenters. The molecule has 1 saturated heterocycles. The second-order valence-electron chi connectivity index (χ2n) is 6.23. The molecule has 2 heterocycles. The Morgan fingerprint density at radius 2 is 1.90 bits per heavy atom. The molecule has 2 aliphatic heterocycles. The van der Waals surface area contributed by atoms with E-state index in [9.17, 15) is 0 Å². The Labute approximate surface area is 127 Å². The Balaban J connectivity index is 1.61. The van der Waals surface area contributed by atoms with Gasteiger partial charge in [-0.05, 0) is 31.5 Å². The first kappa shape index (κ1) is 14.4. The summed E-state index contributed by atoms with van der Waals surface area (Å²) in [6.07, 6.45) is 8.58. The van der Waals surface area contributed by atoms with Crippen molar-refractivity contribution in [1.29, 1.82) is 0 Å². The molecule has 0 amide bonds. The van der Waals surface area contributed by atoms with Gasteiger partial charge in [-0.3, -0.25) is 0 Å². The van der Waals surface area contributed by atoms with Crippen LogP contribution in [-0.2, 0) is 4.74 Å². The lowest BCUT2D eigenvalue weighted by Gasteiger charge is -2.29. The molecule has 1 N–H and O–H groups in total. The molecule has 0 spiro atoms. The van der Waals surface area contributed by atoms with Gasteiger partial charge in [-0.1, -0.05) is 36.4 Å². The van der Waals surface area contributed by atoms with Crippen LogP contribution in [0.15, 0.2) is 42.5 Å². The van der Waals surface area contributed by atoms with E-state index in [2.05, 4.69) is 72.6 Å². The van der Waals surface area contributed by atoms with Crippen molar-refractivity contribution in [2.75, 3.05) is 31.1 Å². The molecule has 0 radical (unpaired) electrons. The largest absolute Gasteiger partial charge is 0.369 e. The molecule has 0 aliphatic carbocycles. The average Bonchev–Trinajstić information content (AvgIpc) is 2.86. The molecular formula is C18H24N2O. The zero-order valence-corrected chi connectivity index (χ0v) is 12.9. The predicted octanol–water partition coefficient (Wildman–Crippen LogP) is 2.84. The molecule has 3 heteroatoms. The van der Waals surface area contributed by atoms with Gasteiger partial charge in [0.05, 0.1) is 11.7 Å². The fraction of sp³-hybridized carbons (Fsp3) is 0.444. The Kier molecular flexibility index (Phi) is 4.13. The highest BCUT2D eigenvalue weighted by molar-refractivity contribution is 5.56. The highest BCUT2D eigenvalue weighted by atomic mass is 16.5. The summed E-state index contributed by atoms with van der Waals surface area (Å²) >= 11 is 0. The van der Waals surface area contributed by atoms with Crippen LogP contribution in [0, 0.1) is 0 Å². The van der Waals surface area contributed by atoms with Crippen molar-refractivity contribution >= 4 is 11.8 Å². The SMILES string of the molecule is CC1(C)C=CC(C=Cc2ccc(N3CCNCC3)cc2)O1. The molecule has 112 valence electrons. The minimum absolute atomic E-state index is 0.0906. The van der Waals surface area contributed by atoms with Gasteiger partial charge in [0.25, 0.3) is 0 Å². The Morgan fingerprint density at radius 3 is 2.52 bits per heavy atom. The first-order chi connectivity index (χ1) is 10.1. The van der Waals surface area contributed by atoms with E-state index in [0.717, 1.165) is 26.2 Å². The van der Waals surface area contributed by atoms with Crippen LogP contribution in [0.3, 0.4) is 0 Å². The minimum atomic E-state index is -0.138. The average molecular weight is 284 g/mol. The van der Waals surface area contributed by atoms with Gasteiger partial charge in [-0.2, -0.15) is 0 Å². The molecule has 3 rings (SSSR count). The van der Waals surface area contributed by atoms with Gasteiger partial charge in [0.15, 0.2) is 0 Å². The quantitative estimate of drug-likeness (QED) is 0.864. The van der Waals surface area contributed by atoms with Crippen molar-refractivity contribution in [3.8, 4) is 0 Å². The van der Waals surface area contributed by atoms with E-state index in [0.29, 0.717) is 0 Å². The summed E-state index contributed by atoms with van der Waals surface area (Å²) in [5.74, 6) is 0. The molecule has 1 aromatic carbocycles. The number of piperazine rings is 1. The highest BCUT2D eigenvalue weighted by Gasteiger charge is 2.23. The standard InChI is InChI=1S/C18H24N2O/c1-18(2)10-9-17(21-18)8-5-15-3-6-16(7-4-15)20-13-11-19-12-14-20/h3-10,17,19H,11-14H2,1-2H3. The van der Waals surface area contributed by atoms with Gasteiger partial charge in [0.2, 0.25) is 0 Å². The maximum Gasteiger partial charge on any atom is 0.0953 e. The second-order valence-corrected chi connectivity index (χ2v) is 6.23. The molecule has 21 heavy (non-hydrogen) atoms. The van der Waals surface area contributed by atoms with Gasteiger partial charge >= 0.3 is 0 Å². The molecular weight excluding hydrogens is 260 g/mol. The van der Waals surface area contributed by atoms with Gasteiger partial charge in [-0.15, -0.1) is 0 Å². The van der Waals surface area contributed by atoms with Crippen LogP contribution in [0.5, 0.6) is 0 Å². The van der Waals surface area contributed by atoms with E-state index in [1.807, 2.05) is 0 Å². The van der Waals surface area contributed by atoms with E-state index in [4.69, 9.17) is 4.74 Å². The molecule has 2 aliphatic rings. The number of benzene rings is 1. The van der Waals surface area contributed by atoms with E-state index in [1.54, 1.807) is 0 Å². The summed E-state index contributed by atoms with van der Waals surface area (Å²) in [6.45, 7) is 8.49. The zero-order chi connectivity index (χ0) is 14.7. The number of anilines is 1. The van der Waals surface area contributed by atoms with E-state index >= 15 is 0 Å². The lowest BCUT2D eigenvalue weighted by molar-refractivity contribution is 0.0237. The molecule has 3 nitrogen and oxygen atoms in total. The summed E-state index contributed by atoms with van der Waals surface area (Å²) < 4.78 is 5.88. The van der Waals surface area contributed by atoms with Crippen LogP contribution in [0.25, 0.3) is 6.08 Å². The van der Waals surface area contributed by atoms with Crippen LogP contribution in [-0.4, -0.2) is 37.9 Å². The van der Waals surface area contributed by atoms with Crippen molar-refractivity contribution in [3.05, 3.63) is 48.1 Å². The summed E-state index contributed by atoms with van der Waals surface area (Å²) in [5.41, 5.74) is 2.39. The van der Waals surface area contributed by atoms with E-state index in [-0.39, 0.29) is 11.7 Å². The smallest absolute Gasteiger partial charge is 0.0953 e. The molecule has 0 aromatic heterocycles. The third kappa shape index (κ3) is 3.74. The van der Waals surface area contributed by atoms with E-state index in [1.165, 1.54) is 11.3 Å². The summed E-state index contributed by atoms with van der Waals surface area (Å²) in [6, 6.07) is 8.77. The maximum atomic E-state index is 5.88. The van der Waals surface area contributed by atoms with Crippen molar-refractivity contribution in [3.63, 3.8) is 0 Å². The molecule has 1 aromatic rings. The first-order valence-electron chi connectivity index (χ1n) is 7.74. The minimum Gasteiger partial charge on any atom is -0.369 e. The number of hydrogen-bond donors (Lipinski definition) is 1. The maximum absolute atomic E-state index is 5.88. The van der Waals surface area contributed by atoms with Crippen molar-refractivity contribution in [1.82, 2.24) is 5.32 Å². The Morgan fingerprint density at radius 1 is 1.19 bits per heavy atom. The highest BCUT2D eigenvalue weighted by Crippen LogP contribution is 2.23. The van der Waals surface area contributed by atoms with Crippen LogP contribution in [0.4, 0.5) is 5.69 Å². The van der Waals surface area contributed by atoms with Gasteiger partial charge in [0, 0.05) is 31.9 Å². The molecule has 0 bridgehead atoms. The number of rotatable bonds is 3. The lowest BCUT2D eigenvalue weighted by Crippen LogP contribution is -2.43. The summed E-state index contributed by atoms with van der Waals surface area (Å²) in [4.78, 5) is 2.43. The number of nitrogens with zero attached hydrogens (tertiary/aromatic N) is 1. The zero-order valence-electron chi connectivity index (χ0n) is 12.9. The van der Waals surface area contributed by atoms with Crippen LogP contribution in [0.1, 0.15) is 19.4 Å². The fourth-order valence-corrected chi connectivity index (χ4v) is 2.78. The monoisotopic (exact) mass is 284 g/mol. The molecule has 0 saturated carbocycles. The molecule has 1 fully saturated rings. The number of hydrogen-bond acceptors (Lipinski definition) is 3. The first-order valence-corrected chi connectivity index (χ1v) is 7.74. The third-order valence-electron chi connectivity index (χ3n) is 3.98. The van der Waals surface area contributed by atoms with Crippen molar-refractivity contribution in [2.24, 2.45) is 0 Å². The van der Waals surface area contributed by atoms with Gasteiger partial charge in [-0.25, -0.2) is 0 Å². The number of nitrogens with one attached hydrogen (secondary N) is 1. The van der Waals surface area contributed by atoms with Crippen molar-refractivity contribution < 1.29 is 4.74 Å². The van der Waals surface area contributed by atoms with Crippen molar-refractivity contribution in [2.45, 2.75) is 25.6 Å². The topological polar surface area (TPSA) is 24.5 Å². The van der Waals surface area contributed by atoms with Crippen LogP contribution in [0.2, 0.25) is 0 Å². The second kappa shape index (κ2) is 6.04. The Bertz CT molecular complexity index is 525. The van der Waals surface area contributed by atoms with Gasteiger partial charge < -0.3 is 15.0 Å².